The molecule has 3 rings (SSSR count). The van der Waals surface area contributed by atoms with E-state index in [1.807, 2.05) is 18.7 Å². The van der Waals surface area contributed by atoms with E-state index in [9.17, 15) is 9.59 Å². The van der Waals surface area contributed by atoms with Gasteiger partial charge < -0.3 is 4.90 Å². The molecule has 6 nitrogen and oxygen atoms in total. The zero-order valence-corrected chi connectivity index (χ0v) is 14.9. The van der Waals surface area contributed by atoms with Gasteiger partial charge in [0.1, 0.15) is 5.69 Å². The van der Waals surface area contributed by atoms with Crippen LogP contribution in [-0.4, -0.2) is 38.7 Å². The number of aryl methyl sites for hydroxylation is 2. The van der Waals surface area contributed by atoms with Gasteiger partial charge >= 0.3 is 0 Å². The maximum atomic E-state index is 12.8. The highest BCUT2D eigenvalue weighted by atomic mass is 32.1. The van der Waals surface area contributed by atoms with Crippen LogP contribution in [0.15, 0.2) is 22.3 Å². The molecule has 1 aliphatic rings. The number of hydrogen-bond acceptors (Lipinski definition) is 5. The largest absolute Gasteiger partial charge is 0.337 e. The number of thiazole rings is 1. The van der Waals surface area contributed by atoms with Gasteiger partial charge in [0.05, 0.1) is 5.01 Å². The summed E-state index contributed by atoms with van der Waals surface area (Å²) in [6, 6.07) is 2.97. The molecule has 1 atom stereocenters. The van der Waals surface area contributed by atoms with E-state index in [-0.39, 0.29) is 11.5 Å². The smallest absolute Gasteiger partial charge is 0.274 e. The summed E-state index contributed by atoms with van der Waals surface area (Å²) in [5.74, 6) is 0.195. The molecule has 0 aliphatic carbocycles. The summed E-state index contributed by atoms with van der Waals surface area (Å²) in [7, 11) is 0. The van der Waals surface area contributed by atoms with Gasteiger partial charge in [0.2, 0.25) is 0 Å². The Bertz CT molecular complexity index is 783. The third-order valence-electron chi connectivity index (χ3n) is 4.22. The topological polar surface area (TPSA) is 68.1 Å². The Morgan fingerprint density at radius 2 is 2.25 bits per heavy atom. The summed E-state index contributed by atoms with van der Waals surface area (Å²) < 4.78 is 1.37. The van der Waals surface area contributed by atoms with Gasteiger partial charge in [0.25, 0.3) is 11.5 Å². The summed E-state index contributed by atoms with van der Waals surface area (Å²) in [6.45, 7) is 5.90. The average molecular weight is 346 g/mol. The minimum atomic E-state index is -0.164. The molecule has 128 valence electrons. The monoisotopic (exact) mass is 346 g/mol. The van der Waals surface area contributed by atoms with Gasteiger partial charge in [-0.25, -0.2) is 9.67 Å². The number of carbonyl (C=O) groups excluding carboxylic acids is 1. The lowest BCUT2D eigenvalue weighted by Gasteiger charge is -2.31. The molecule has 2 aromatic rings. The SMILES string of the molecule is CCCn1nc(C(=O)N2CCC[C@H](c3nc(C)cs3)C2)ccc1=O. The summed E-state index contributed by atoms with van der Waals surface area (Å²) in [6.07, 6.45) is 2.82. The maximum absolute atomic E-state index is 12.8. The second-order valence-electron chi connectivity index (χ2n) is 6.20. The summed E-state index contributed by atoms with van der Waals surface area (Å²) in [4.78, 5) is 31.0. The van der Waals surface area contributed by atoms with Crippen molar-refractivity contribution >= 4 is 17.2 Å². The van der Waals surface area contributed by atoms with Gasteiger partial charge in [-0.3, -0.25) is 9.59 Å². The van der Waals surface area contributed by atoms with Crippen molar-refractivity contribution in [2.45, 2.75) is 45.6 Å². The van der Waals surface area contributed by atoms with E-state index >= 15 is 0 Å². The summed E-state index contributed by atoms with van der Waals surface area (Å²) in [5.41, 5.74) is 1.22. The van der Waals surface area contributed by atoms with Crippen LogP contribution in [0.5, 0.6) is 0 Å². The molecule has 0 saturated carbocycles. The number of rotatable bonds is 4. The first-order valence-corrected chi connectivity index (χ1v) is 9.26. The van der Waals surface area contributed by atoms with Crippen molar-refractivity contribution < 1.29 is 4.79 Å². The van der Waals surface area contributed by atoms with Crippen LogP contribution in [0.3, 0.4) is 0 Å². The van der Waals surface area contributed by atoms with E-state index in [2.05, 4.69) is 15.5 Å². The Kier molecular flexibility index (Phi) is 5.08. The van der Waals surface area contributed by atoms with Crippen LogP contribution in [0.4, 0.5) is 0 Å². The van der Waals surface area contributed by atoms with E-state index < -0.39 is 0 Å². The minimum absolute atomic E-state index is 0.0992. The fourth-order valence-corrected chi connectivity index (χ4v) is 3.95. The van der Waals surface area contributed by atoms with Crippen LogP contribution in [0, 0.1) is 6.92 Å². The van der Waals surface area contributed by atoms with Crippen LogP contribution in [0.2, 0.25) is 0 Å². The average Bonchev–Trinajstić information content (AvgIpc) is 3.03. The van der Waals surface area contributed by atoms with Crippen molar-refractivity contribution in [3.8, 4) is 0 Å². The predicted octanol–water partition coefficient (Wildman–Crippen LogP) is 2.44. The first kappa shape index (κ1) is 16.8. The van der Waals surface area contributed by atoms with Crippen molar-refractivity contribution in [2.75, 3.05) is 13.1 Å². The predicted molar refractivity (Wildman–Crippen MR) is 93.5 cm³/mol. The standard InChI is InChI=1S/C17H22N4O2S/c1-3-8-21-15(22)7-6-14(19-21)17(23)20-9-4-5-13(10-20)16-18-12(2)11-24-16/h6-7,11,13H,3-5,8-10H2,1-2H3/t13-/m0/s1. The van der Waals surface area contributed by atoms with Crippen molar-refractivity contribution in [3.63, 3.8) is 0 Å². The Morgan fingerprint density at radius 3 is 2.96 bits per heavy atom. The number of carbonyl (C=O) groups is 1. The molecular weight excluding hydrogens is 324 g/mol. The van der Waals surface area contributed by atoms with Crippen LogP contribution in [-0.2, 0) is 6.54 Å². The van der Waals surface area contributed by atoms with Crippen molar-refractivity contribution in [1.29, 1.82) is 0 Å². The Labute approximate surface area is 145 Å². The first-order chi connectivity index (χ1) is 11.6. The number of nitrogens with zero attached hydrogens (tertiary/aromatic N) is 4. The molecule has 0 bridgehead atoms. The number of aromatic nitrogens is 3. The quantitative estimate of drug-likeness (QED) is 0.853. The third kappa shape index (κ3) is 3.56. The molecule has 1 fully saturated rings. The van der Waals surface area contributed by atoms with E-state index in [0.29, 0.717) is 24.7 Å². The van der Waals surface area contributed by atoms with Gasteiger partial charge in [-0.1, -0.05) is 6.92 Å². The minimum Gasteiger partial charge on any atom is -0.337 e. The number of piperidine rings is 1. The molecule has 1 saturated heterocycles. The molecule has 0 radical (unpaired) electrons. The highest BCUT2D eigenvalue weighted by molar-refractivity contribution is 7.09. The molecule has 1 amide bonds. The van der Waals surface area contributed by atoms with Gasteiger partial charge in [-0.15, -0.1) is 11.3 Å². The molecule has 2 aromatic heterocycles. The van der Waals surface area contributed by atoms with Crippen molar-refractivity contribution in [2.24, 2.45) is 0 Å². The summed E-state index contributed by atoms with van der Waals surface area (Å²) >= 11 is 1.67. The Balaban J connectivity index is 1.77. The fourth-order valence-electron chi connectivity index (χ4n) is 3.02. The normalized spacial score (nSPS) is 17.9. The van der Waals surface area contributed by atoms with Crippen LogP contribution >= 0.6 is 11.3 Å². The molecule has 24 heavy (non-hydrogen) atoms. The fraction of sp³-hybridized carbons (Fsp3) is 0.529. The van der Waals surface area contributed by atoms with Crippen molar-refractivity contribution in [1.82, 2.24) is 19.7 Å². The lowest BCUT2D eigenvalue weighted by Crippen LogP contribution is -2.40. The third-order valence-corrected chi connectivity index (χ3v) is 5.34. The Morgan fingerprint density at radius 1 is 1.42 bits per heavy atom. The second-order valence-corrected chi connectivity index (χ2v) is 7.09. The van der Waals surface area contributed by atoms with Crippen molar-refractivity contribution in [3.05, 3.63) is 44.3 Å². The van der Waals surface area contributed by atoms with Gasteiger partial charge in [-0.2, -0.15) is 5.10 Å². The molecule has 0 unspecified atom stereocenters. The molecule has 1 aliphatic heterocycles. The van der Waals surface area contributed by atoms with E-state index in [4.69, 9.17) is 0 Å². The van der Waals surface area contributed by atoms with Gasteiger partial charge in [0.15, 0.2) is 0 Å². The molecule has 7 heteroatoms. The zero-order chi connectivity index (χ0) is 17.1. The van der Waals surface area contributed by atoms with Gasteiger partial charge in [0, 0.05) is 42.7 Å². The number of hydrogen-bond donors (Lipinski definition) is 0. The van der Waals surface area contributed by atoms with E-state index in [1.165, 1.54) is 16.8 Å². The first-order valence-electron chi connectivity index (χ1n) is 8.38. The number of amides is 1. The molecule has 0 aromatic carbocycles. The highest BCUT2D eigenvalue weighted by Crippen LogP contribution is 2.29. The molecule has 0 spiro atoms. The van der Waals surface area contributed by atoms with Crippen LogP contribution in [0.1, 0.15) is 53.3 Å². The molecular formula is C17H22N4O2S. The van der Waals surface area contributed by atoms with Crippen LogP contribution < -0.4 is 5.56 Å². The Hall–Kier alpha value is -2.02. The molecule has 3 heterocycles. The highest BCUT2D eigenvalue weighted by Gasteiger charge is 2.28. The summed E-state index contributed by atoms with van der Waals surface area (Å²) in [5, 5.41) is 7.40. The lowest BCUT2D eigenvalue weighted by molar-refractivity contribution is 0.0698. The van der Waals surface area contributed by atoms with Gasteiger partial charge in [-0.05, 0) is 32.3 Å². The van der Waals surface area contributed by atoms with E-state index in [1.54, 1.807) is 11.3 Å². The number of likely N-dealkylation sites (tertiary alicyclic amines) is 1. The molecule has 0 N–H and O–H groups in total. The zero-order valence-electron chi connectivity index (χ0n) is 14.1. The lowest BCUT2D eigenvalue weighted by atomic mass is 9.98. The maximum Gasteiger partial charge on any atom is 0.274 e. The van der Waals surface area contributed by atoms with E-state index in [0.717, 1.165) is 36.5 Å². The van der Waals surface area contributed by atoms with Crippen LogP contribution in [0.25, 0.3) is 0 Å². The second kappa shape index (κ2) is 7.25.